The van der Waals surface area contributed by atoms with Crippen molar-refractivity contribution in [3.63, 3.8) is 0 Å². The van der Waals surface area contributed by atoms with E-state index in [2.05, 4.69) is 5.32 Å². The Morgan fingerprint density at radius 2 is 1.74 bits per heavy atom. The Bertz CT molecular complexity index is 887. The quantitative estimate of drug-likeness (QED) is 0.698. The summed E-state index contributed by atoms with van der Waals surface area (Å²) < 4.78 is 11.2. The van der Waals surface area contributed by atoms with E-state index in [1.165, 1.54) is 5.56 Å². The lowest BCUT2D eigenvalue weighted by Crippen LogP contribution is -2.46. The minimum atomic E-state index is -0.0124. The van der Waals surface area contributed by atoms with Crippen LogP contribution in [0.25, 0.3) is 0 Å². The third kappa shape index (κ3) is 6.23. The monoisotopic (exact) mass is 424 g/mol. The molecule has 166 valence electrons. The molecule has 1 saturated heterocycles. The predicted octanol–water partition coefficient (Wildman–Crippen LogP) is 3.89. The van der Waals surface area contributed by atoms with Crippen LogP contribution in [0.2, 0.25) is 0 Å². The van der Waals surface area contributed by atoms with Gasteiger partial charge >= 0.3 is 0 Å². The second-order valence-corrected chi connectivity index (χ2v) is 7.89. The number of carbonyl (C=O) groups is 2. The summed E-state index contributed by atoms with van der Waals surface area (Å²) in [6.07, 6.45) is 1.83. The summed E-state index contributed by atoms with van der Waals surface area (Å²) in [5.41, 5.74) is 2.94. The molecule has 0 saturated carbocycles. The summed E-state index contributed by atoms with van der Waals surface area (Å²) in [6, 6.07) is 13.3. The first-order chi connectivity index (χ1) is 15.0. The first-order valence-electron chi connectivity index (χ1n) is 11.0. The molecule has 0 spiro atoms. The van der Waals surface area contributed by atoms with Crippen LogP contribution in [0, 0.1) is 13.8 Å². The molecule has 0 aliphatic carbocycles. The van der Waals surface area contributed by atoms with Gasteiger partial charge in [0.1, 0.15) is 11.5 Å². The van der Waals surface area contributed by atoms with Gasteiger partial charge in [0.2, 0.25) is 5.91 Å². The van der Waals surface area contributed by atoms with Crippen molar-refractivity contribution in [1.29, 1.82) is 0 Å². The van der Waals surface area contributed by atoms with Gasteiger partial charge in [0, 0.05) is 24.7 Å². The third-order valence-electron chi connectivity index (χ3n) is 5.70. The second kappa shape index (κ2) is 10.8. The van der Waals surface area contributed by atoms with E-state index in [-0.39, 0.29) is 17.9 Å². The van der Waals surface area contributed by atoms with Crippen molar-refractivity contribution in [3.05, 3.63) is 59.2 Å². The fourth-order valence-corrected chi connectivity index (χ4v) is 3.70. The third-order valence-corrected chi connectivity index (χ3v) is 5.70. The summed E-state index contributed by atoms with van der Waals surface area (Å²) in [5, 5.41) is 3.08. The van der Waals surface area contributed by atoms with Crippen LogP contribution in [0.3, 0.4) is 0 Å². The Labute approximate surface area is 184 Å². The first kappa shape index (κ1) is 22.7. The van der Waals surface area contributed by atoms with E-state index in [4.69, 9.17) is 9.47 Å². The lowest BCUT2D eigenvalue weighted by molar-refractivity contribution is -0.122. The molecule has 2 amide bonds. The summed E-state index contributed by atoms with van der Waals surface area (Å²) >= 11 is 0. The van der Waals surface area contributed by atoms with Gasteiger partial charge < -0.3 is 19.7 Å². The van der Waals surface area contributed by atoms with Gasteiger partial charge in [-0.25, -0.2) is 0 Å². The van der Waals surface area contributed by atoms with Crippen LogP contribution in [0.1, 0.15) is 47.7 Å². The van der Waals surface area contributed by atoms with E-state index in [0.717, 1.165) is 29.9 Å². The maximum Gasteiger partial charge on any atom is 0.253 e. The molecule has 1 aliphatic heterocycles. The highest BCUT2D eigenvalue weighted by Gasteiger charge is 2.24. The van der Waals surface area contributed by atoms with E-state index < -0.39 is 0 Å². The van der Waals surface area contributed by atoms with Crippen molar-refractivity contribution < 1.29 is 19.1 Å². The Morgan fingerprint density at radius 3 is 2.42 bits per heavy atom. The summed E-state index contributed by atoms with van der Waals surface area (Å²) in [7, 11) is 0. The smallest absolute Gasteiger partial charge is 0.253 e. The van der Waals surface area contributed by atoms with Crippen LogP contribution < -0.4 is 14.8 Å². The number of nitrogens with one attached hydrogen (secondary N) is 1. The maximum absolute atomic E-state index is 12.7. The topological polar surface area (TPSA) is 67.9 Å². The van der Waals surface area contributed by atoms with Crippen molar-refractivity contribution in [2.75, 3.05) is 26.3 Å². The molecule has 0 aromatic heterocycles. The zero-order valence-corrected chi connectivity index (χ0v) is 18.6. The van der Waals surface area contributed by atoms with Gasteiger partial charge in [-0.05, 0) is 75.1 Å². The van der Waals surface area contributed by atoms with Crippen molar-refractivity contribution in [2.45, 2.75) is 46.1 Å². The van der Waals surface area contributed by atoms with Crippen molar-refractivity contribution in [3.8, 4) is 11.5 Å². The van der Waals surface area contributed by atoms with E-state index >= 15 is 0 Å². The second-order valence-electron chi connectivity index (χ2n) is 7.89. The molecule has 6 nitrogen and oxygen atoms in total. The Hall–Kier alpha value is -3.02. The summed E-state index contributed by atoms with van der Waals surface area (Å²) in [6.45, 7) is 8.22. The number of carbonyl (C=O) groups excluding carboxylic acids is 2. The highest BCUT2D eigenvalue weighted by molar-refractivity contribution is 5.94. The van der Waals surface area contributed by atoms with Crippen LogP contribution in [0.4, 0.5) is 0 Å². The van der Waals surface area contributed by atoms with Crippen LogP contribution in [0.5, 0.6) is 11.5 Å². The number of aryl methyl sites for hydroxylation is 1. The molecule has 0 radical (unpaired) electrons. The Morgan fingerprint density at radius 1 is 1.03 bits per heavy atom. The SMILES string of the molecule is CCOc1ccc(C(=O)N2CCC(NC(=O)CCOc3cccc(C)c3C)CC2)cc1. The van der Waals surface area contributed by atoms with E-state index in [1.807, 2.05) is 56.0 Å². The van der Waals surface area contributed by atoms with Crippen LogP contribution in [-0.4, -0.2) is 49.1 Å². The molecule has 3 rings (SSSR count). The van der Waals surface area contributed by atoms with Gasteiger partial charge in [0.05, 0.1) is 19.6 Å². The number of rotatable bonds is 8. The van der Waals surface area contributed by atoms with Gasteiger partial charge in [0.15, 0.2) is 0 Å². The van der Waals surface area contributed by atoms with Crippen molar-refractivity contribution >= 4 is 11.8 Å². The van der Waals surface area contributed by atoms with Crippen LogP contribution in [-0.2, 0) is 4.79 Å². The number of benzene rings is 2. The molecule has 31 heavy (non-hydrogen) atoms. The predicted molar refractivity (Wildman–Crippen MR) is 121 cm³/mol. The number of amides is 2. The molecular formula is C25H32N2O4. The van der Waals surface area contributed by atoms with E-state index in [0.29, 0.717) is 38.3 Å². The lowest BCUT2D eigenvalue weighted by atomic mass is 10.0. The van der Waals surface area contributed by atoms with Gasteiger partial charge in [0.25, 0.3) is 5.91 Å². The van der Waals surface area contributed by atoms with Crippen molar-refractivity contribution in [2.24, 2.45) is 0 Å². The maximum atomic E-state index is 12.7. The molecule has 0 unspecified atom stereocenters. The van der Waals surface area contributed by atoms with Gasteiger partial charge in [-0.2, -0.15) is 0 Å². The molecule has 1 heterocycles. The Balaban J connectivity index is 1.39. The molecule has 0 bridgehead atoms. The molecule has 0 atom stereocenters. The first-order valence-corrected chi connectivity index (χ1v) is 11.0. The average molecular weight is 425 g/mol. The largest absolute Gasteiger partial charge is 0.494 e. The van der Waals surface area contributed by atoms with Crippen LogP contribution in [0.15, 0.2) is 42.5 Å². The number of ether oxygens (including phenoxy) is 2. The zero-order chi connectivity index (χ0) is 22.2. The zero-order valence-electron chi connectivity index (χ0n) is 18.6. The van der Waals surface area contributed by atoms with Crippen LogP contribution >= 0.6 is 0 Å². The number of hydrogen-bond acceptors (Lipinski definition) is 4. The standard InChI is InChI=1S/C25H32N2O4/c1-4-30-22-10-8-20(9-11-22)25(29)27-15-12-21(13-16-27)26-24(28)14-17-31-23-7-5-6-18(2)19(23)3/h5-11,21H,4,12-17H2,1-3H3,(H,26,28). The van der Waals surface area contributed by atoms with Crippen molar-refractivity contribution in [1.82, 2.24) is 10.2 Å². The Kier molecular flexibility index (Phi) is 7.93. The van der Waals surface area contributed by atoms with E-state index in [1.54, 1.807) is 12.1 Å². The van der Waals surface area contributed by atoms with E-state index in [9.17, 15) is 9.59 Å². The average Bonchev–Trinajstić information content (AvgIpc) is 2.77. The molecule has 1 aliphatic rings. The number of nitrogens with zero attached hydrogens (tertiary/aromatic N) is 1. The fraction of sp³-hybridized carbons (Fsp3) is 0.440. The molecule has 6 heteroatoms. The van der Waals surface area contributed by atoms with Gasteiger partial charge in [-0.1, -0.05) is 12.1 Å². The molecule has 1 N–H and O–H groups in total. The number of hydrogen-bond donors (Lipinski definition) is 1. The number of piperidine rings is 1. The molecule has 2 aromatic rings. The highest BCUT2D eigenvalue weighted by atomic mass is 16.5. The number of likely N-dealkylation sites (tertiary alicyclic amines) is 1. The van der Waals surface area contributed by atoms with Gasteiger partial charge in [-0.15, -0.1) is 0 Å². The fourth-order valence-electron chi connectivity index (χ4n) is 3.70. The molecule has 2 aromatic carbocycles. The van der Waals surface area contributed by atoms with Gasteiger partial charge in [-0.3, -0.25) is 9.59 Å². The molecular weight excluding hydrogens is 392 g/mol. The minimum Gasteiger partial charge on any atom is -0.494 e. The lowest BCUT2D eigenvalue weighted by Gasteiger charge is -2.32. The normalized spacial score (nSPS) is 14.2. The molecule has 1 fully saturated rings. The highest BCUT2D eigenvalue weighted by Crippen LogP contribution is 2.21. The summed E-state index contributed by atoms with van der Waals surface area (Å²) in [4.78, 5) is 26.8. The minimum absolute atomic E-state index is 0.0124. The summed E-state index contributed by atoms with van der Waals surface area (Å²) in [5.74, 6) is 1.60.